The molecule has 0 aliphatic carbocycles. The molecule has 0 atom stereocenters. The van der Waals surface area contributed by atoms with Gasteiger partial charge in [-0.25, -0.2) is 4.79 Å². The number of aryl methyl sites for hydroxylation is 2. The van der Waals surface area contributed by atoms with Crippen LogP contribution in [0.5, 0.6) is 0 Å². The molecule has 1 fully saturated rings. The molecule has 0 aromatic heterocycles. The number of carbonyl (C=O) groups is 2. The van der Waals surface area contributed by atoms with Crippen LogP contribution in [0.3, 0.4) is 0 Å². The molecule has 0 spiro atoms. The topological polar surface area (TPSA) is 55.9 Å². The van der Waals surface area contributed by atoms with Gasteiger partial charge in [0.15, 0.2) is 0 Å². The predicted octanol–water partition coefficient (Wildman–Crippen LogP) is 2.97. The van der Waals surface area contributed by atoms with Crippen molar-refractivity contribution in [3.8, 4) is 0 Å². The van der Waals surface area contributed by atoms with Crippen molar-refractivity contribution in [1.29, 1.82) is 0 Å². The zero-order chi connectivity index (χ0) is 19.3. The quantitative estimate of drug-likeness (QED) is 0.854. The third-order valence-electron chi connectivity index (χ3n) is 4.74. The Morgan fingerprint density at radius 3 is 2.27 bits per heavy atom. The van der Waals surface area contributed by atoms with Crippen LogP contribution in [-0.2, 0) is 4.79 Å². The van der Waals surface area contributed by atoms with E-state index < -0.39 is 0 Å². The molecule has 6 nitrogen and oxygen atoms in total. The molecule has 1 aliphatic heterocycles. The minimum absolute atomic E-state index is 0.0811. The monoisotopic (exact) mass is 380 g/mol. The van der Waals surface area contributed by atoms with E-state index in [4.69, 9.17) is 11.6 Å². The Hall–Kier alpha value is -1.79. The summed E-state index contributed by atoms with van der Waals surface area (Å²) in [5.41, 5.74) is 2.70. The smallest absolute Gasteiger partial charge is 0.320 e. The fraction of sp³-hybridized carbons (Fsp3) is 0.579. The third kappa shape index (κ3) is 5.11. The maximum atomic E-state index is 12.4. The van der Waals surface area contributed by atoms with Gasteiger partial charge in [0.05, 0.1) is 17.3 Å². The second-order valence-electron chi connectivity index (χ2n) is 6.70. The molecule has 1 saturated heterocycles. The first kappa shape index (κ1) is 20.5. The highest BCUT2D eigenvalue weighted by atomic mass is 35.5. The Morgan fingerprint density at radius 2 is 1.73 bits per heavy atom. The second kappa shape index (κ2) is 9.24. The van der Waals surface area contributed by atoms with Crippen molar-refractivity contribution in [3.05, 3.63) is 28.3 Å². The summed E-state index contributed by atoms with van der Waals surface area (Å²) in [5, 5.41) is 3.48. The molecule has 0 unspecified atom stereocenters. The summed E-state index contributed by atoms with van der Waals surface area (Å²) < 4.78 is 0. The zero-order valence-electron chi connectivity index (χ0n) is 16.1. The number of benzene rings is 1. The molecule has 26 heavy (non-hydrogen) atoms. The Bertz CT molecular complexity index is 630. The van der Waals surface area contributed by atoms with Crippen molar-refractivity contribution in [2.45, 2.75) is 27.7 Å². The van der Waals surface area contributed by atoms with Crippen LogP contribution in [0, 0.1) is 13.8 Å². The van der Waals surface area contributed by atoms with E-state index in [9.17, 15) is 9.59 Å². The Kier molecular flexibility index (Phi) is 7.29. The predicted molar refractivity (Wildman–Crippen MR) is 106 cm³/mol. The van der Waals surface area contributed by atoms with Crippen molar-refractivity contribution >= 4 is 29.2 Å². The number of amides is 3. The molecule has 1 aliphatic rings. The number of nitrogens with zero attached hydrogens (tertiary/aromatic N) is 3. The van der Waals surface area contributed by atoms with Gasteiger partial charge in [-0.2, -0.15) is 0 Å². The van der Waals surface area contributed by atoms with E-state index in [1.54, 1.807) is 0 Å². The lowest BCUT2D eigenvalue weighted by atomic mass is 10.1. The number of hydrogen-bond acceptors (Lipinski definition) is 3. The zero-order valence-corrected chi connectivity index (χ0v) is 16.9. The number of hydrogen-bond donors (Lipinski definition) is 1. The van der Waals surface area contributed by atoms with Crippen LogP contribution in [0.25, 0.3) is 0 Å². The van der Waals surface area contributed by atoms with Crippen LogP contribution in [0.15, 0.2) is 12.1 Å². The Morgan fingerprint density at radius 1 is 1.12 bits per heavy atom. The van der Waals surface area contributed by atoms with Gasteiger partial charge in [-0.15, -0.1) is 0 Å². The summed E-state index contributed by atoms with van der Waals surface area (Å²) in [6, 6.07) is 3.93. The van der Waals surface area contributed by atoms with Crippen LogP contribution < -0.4 is 5.32 Å². The highest BCUT2D eigenvalue weighted by Crippen LogP contribution is 2.27. The van der Waals surface area contributed by atoms with Crippen molar-refractivity contribution in [3.63, 3.8) is 0 Å². The van der Waals surface area contributed by atoms with Crippen LogP contribution in [0.2, 0.25) is 5.02 Å². The van der Waals surface area contributed by atoms with Crippen molar-refractivity contribution in [2.24, 2.45) is 0 Å². The number of piperazine rings is 1. The van der Waals surface area contributed by atoms with E-state index >= 15 is 0 Å². The van der Waals surface area contributed by atoms with Crippen LogP contribution in [-0.4, -0.2) is 72.5 Å². The first-order valence-electron chi connectivity index (χ1n) is 9.18. The first-order valence-corrected chi connectivity index (χ1v) is 9.56. The molecule has 1 aromatic carbocycles. The average molecular weight is 381 g/mol. The maximum Gasteiger partial charge on any atom is 0.320 e. The summed E-state index contributed by atoms with van der Waals surface area (Å²) in [6.07, 6.45) is 0. The summed E-state index contributed by atoms with van der Waals surface area (Å²) in [5.74, 6) is -0.0811. The first-order chi connectivity index (χ1) is 12.3. The van der Waals surface area contributed by atoms with Gasteiger partial charge in [0.2, 0.25) is 5.91 Å². The van der Waals surface area contributed by atoms with Crippen molar-refractivity contribution < 1.29 is 9.59 Å². The lowest BCUT2D eigenvalue weighted by molar-refractivity contribution is -0.117. The van der Waals surface area contributed by atoms with E-state index in [-0.39, 0.29) is 11.9 Å². The van der Waals surface area contributed by atoms with Crippen molar-refractivity contribution in [2.75, 3.05) is 51.1 Å². The maximum absolute atomic E-state index is 12.4. The van der Waals surface area contributed by atoms with Gasteiger partial charge in [-0.05, 0) is 44.9 Å². The van der Waals surface area contributed by atoms with Crippen LogP contribution in [0.1, 0.15) is 25.0 Å². The fourth-order valence-electron chi connectivity index (χ4n) is 3.25. The molecule has 1 heterocycles. The van der Waals surface area contributed by atoms with Crippen molar-refractivity contribution in [1.82, 2.24) is 14.7 Å². The number of carbonyl (C=O) groups excluding carboxylic acids is 2. The molecule has 0 radical (unpaired) electrons. The van der Waals surface area contributed by atoms with Gasteiger partial charge in [0, 0.05) is 39.3 Å². The normalized spacial score (nSPS) is 15.0. The molecule has 7 heteroatoms. The van der Waals surface area contributed by atoms with E-state index in [1.165, 1.54) is 0 Å². The molecular formula is C19H29ClN4O2. The van der Waals surface area contributed by atoms with Crippen LogP contribution in [0.4, 0.5) is 10.5 Å². The molecule has 0 bridgehead atoms. The summed E-state index contributed by atoms with van der Waals surface area (Å²) in [6.45, 7) is 12.3. The molecule has 1 aromatic rings. The average Bonchev–Trinajstić information content (AvgIpc) is 2.59. The number of urea groups is 1. The van der Waals surface area contributed by atoms with Gasteiger partial charge >= 0.3 is 6.03 Å². The minimum Gasteiger partial charge on any atom is -0.325 e. The van der Waals surface area contributed by atoms with E-state index in [1.807, 2.05) is 49.6 Å². The van der Waals surface area contributed by atoms with Crippen LogP contribution >= 0.6 is 11.6 Å². The molecular weight excluding hydrogens is 352 g/mol. The summed E-state index contributed by atoms with van der Waals surface area (Å²) in [7, 11) is 0. The summed E-state index contributed by atoms with van der Waals surface area (Å²) >= 11 is 6.26. The molecule has 2 rings (SSSR count). The lowest BCUT2D eigenvalue weighted by Gasteiger charge is -2.36. The molecule has 0 saturated carbocycles. The third-order valence-corrected chi connectivity index (χ3v) is 5.04. The van der Waals surface area contributed by atoms with Gasteiger partial charge in [0.25, 0.3) is 0 Å². The minimum atomic E-state index is -0.0811. The molecule has 3 amide bonds. The van der Waals surface area contributed by atoms with E-state index in [2.05, 4.69) is 10.2 Å². The Balaban J connectivity index is 1.86. The fourth-order valence-corrected chi connectivity index (χ4v) is 3.62. The number of rotatable bonds is 5. The standard InChI is InChI=1S/C19H29ClN4O2/c1-5-23(6-2)19(26)24-9-7-22(8-10-24)13-17(25)21-18-15(4)11-14(3)12-16(18)20/h11-12H,5-10,13H2,1-4H3,(H,21,25). The van der Waals surface area contributed by atoms with Gasteiger partial charge in [-0.1, -0.05) is 17.7 Å². The van der Waals surface area contributed by atoms with Gasteiger partial charge in [-0.3, -0.25) is 9.69 Å². The second-order valence-corrected chi connectivity index (χ2v) is 7.11. The van der Waals surface area contributed by atoms with Gasteiger partial charge < -0.3 is 15.1 Å². The van der Waals surface area contributed by atoms with E-state index in [0.717, 1.165) is 11.1 Å². The summed E-state index contributed by atoms with van der Waals surface area (Å²) in [4.78, 5) is 30.5. The molecule has 144 valence electrons. The number of anilines is 1. The molecule has 1 N–H and O–H groups in total. The van der Waals surface area contributed by atoms with E-state index in [0.29, 0.717) is 56.5 Å². The highest BCUT2D eigenvalue weighted by Gasteiger charge is 2.25. The largest absolute Gasteiger partial charge is 0.325 e. The SMILES string of the molecule is CCN(CC)C(=O)N1CCN(CC(=O)Nc2c(C)cc(C)cc2Cl)CC1. The number of nitrogens with one attached hydrogen (secondary N) is 1. The highest BCUT2D eigenvalue weighted by molar-refractivity contribution is 6.34. The number of halogens is 1. The Labute approximate surface area is 161 Å². The van der Waals surface area contributed by atoms with Gasteiger partial charge in [0.1, 0.15) is 0 Å². The lowest BCUT2D eigenvalue weighted by Crippen LogP contribution is -2.53.